The summed E-state index contributed by atoms with van der Waals surface area (Å²) in [6, 6.07) is 13.7. The van der Waals surface area contributed by atoms with E-state index >= 15 is 0 Å². The number of rotatable bonds is 4. The van der Waals surface area contributed by atoms with Crippen molar-refractivity contribution in [1.29, 1.82) is 0 Å². The molecular formula is C28H25FN4O4. The molecule has 188 valence electrons. The molecule has 0 bridgehead atoms. The summed E-state index contributed by atoms with van der Waals surface area (Å²) in [6.45, 7) is 1.88. The fourth-order valence-corrected chi connectivity index (χ4v) is 5.38. The van der Waals surface area contributed by atoms with E-state index in [1.165, 1.54) is 25.3 Å². The molecule has 1 aromatic heterocycles. The summed E-state index contributed by atoms with van der Waals surface area (Å²) in [6.07, 6.45) is 1.96. The molecule has 3 aliphatic rings. The maximum Gasteiger partial charge on any atom is 0.337 e. The average Bonchev–Trinajstić information content (AvgIpc) is 3.70. The Morgan fingerprint density at radius 1 is 1.05 bits per heavy atom. The van der Waals surface area contributed by atoms with Crippen molar-refractivity contribution in [2.45, 2.75) is 37.9 Å². The number of amides is 2. The van der Waals surface area contributed by atoms with Crippen LogP contribution in [0, 0.1) is 5.82 Å². The average molecular weight is 501 g/mol. The fourth-order valence-electron chi connectivity index (χ4n) is 5.38. The maximum atomic E-state index is 13.9. The van der Waals surface area contributed by atoms with Crippen molar-refractivity contribution in [1.82, 2.24) is 4.98 Å². The van der Waals surface area contributed by atoms with Crippen molar-refractivity contribution in [2.24, 2.45) is 0 Å². The fraction of sp³-hybridized carbons (Fsp3) is 0.286. The molecule has 37 heavy (non-hydrogen) atoms. The molecule has 8 nitrogen and oxygen atoms in total. The van der Waals surface area contributed by atoms with E-state index in [9.17, 15) is 18.8 Å². The molecule has 2 aromatic carbocycles. The number of anilines is 3. The highest BCUT2D eigenvalue weighted by Crippen LogP contribution is 2.45. The third kappa shape index (κ3) is 3.56. The van der Waals surface area contributed by atoms with Crippen LogP contribution in [0.3, 0.4) is 0 Å². The first-order chi connectivity index (χ1) is 17.8. The standard InChI is InChI=1S/C28H25FN4O4/c1-15-26(34)31(2)22-12-13-23(30-25(22)32(15)19-9-10-19)33-24(16-4-7-18(29)8-5-16)20-11-6-17(28(36)37-3)14-21(20)27(33)35/h4-8,11-15,19,24H,9-10H2,1-3H3. The number of carbonyl (C=O) groups is 3. The Morgan fingerprint density at radius 2 is 1.78 bits per heavy atom. The Labute approximate surface area is 213 Å². The van der Waals surface area contributed by atoms with Gasteiger partial charge in [0.25, 0.3) is 5.91 Å². The van der Waals surface area contributed by atoms with Crippen molar-refractivity contribution < 1.29 is 23.5 Å². The normalized spacial score (nSPS) is 20.7. The van der Waals surface area contributed by atoms with Gasteiger partial charge in [0.05, 0.1) is 24.4 Å². The maximum absolute atomic E-state index is 13.9. The summed E-state index contributed by atoms with van der Waals surface area (Å²) >= 11 is 0. The van der Waals surface area contributed by atoms with Crippen molar-refractivity contribution >= 4 is 35.1 Å². The summed E-state index contributed by atoms with van der Waals surface area (Å²) in [5, 5.41) is 0. The van der Waals surface area contributed by atoms with E-state index < -0.39 is 12.0 Å². The second-order valence-corrected chi connectivity index (χ2v) is 9.65. The van der Waals surface area contributed by atoms with Crippen molar-refractivity contribution in [3.05, 3.63) is 82.7 Å². The number of halogens is 1. The number of likely N-dealkylation sites (N-methyl/N-ethyl adjacent to an activating group) is 1. The van der Waals surface area contributed by atoms with Gasteiger partial charge in [-0.1, -0.05) is 18.2 Å². The molecule has 2 unspecified atom stereocenters. The zero-order chi connectivity index (χ0) is 26.0. The van der Waals surface area contributed by atoms with Crippen LogP contribution < -0.4 is 14.7 Å². The summed E-state index contributed by atoms with van der Waals surface area (Å²) in [5.74, 6) is -0.177. The number of fused-ring (bicyclic) bond motifs is 2. The molecule has 0 spiro atoms. The number of ether oxygens (including phenoxy) is 1. The van der Waals surface area contributed by atoms with Gasteiger partial charge in [-0.3, -0.25) is 14.5 Å². The van der Waals surface area contributed by atoms with E-state index in [1.54, 1.807) is 47.2 Å². The van der Waals surface area contributed by atoms with Crippen LogP contribution in [-0.4, -0.2) is 49.0 Å². The number of hydrogen-bond donors (Lipinski definition) is 0. The van der Waals surface area contributed by atoms with E-state index in [1.807, 2.05) is 13.0 Å². The van der Waals surface area contributed by atoms with Gasteiger partial charge < -0.3 is 14.5 Å². The highest BCUT2D eigenvalue weighted by Gasteiger charge is 2.44. The third-order valence-electron chi connectivity index (χ3n) is 7.40. The predicted molar refractivity (Wildman–Crippen MR) is 135 cm³/mol. The first kappa shape index (κ1) is 23.1. The van der Waals surface area contributed by atoms with Crippen LogP contribution in [0.2, 0.25) is 0 Å². The van der Waals surface area contributed by atoms with Crippen LogP contribution in [0.25, 0.3) is 0 Å². The number of pyridine rings is 1. The lowest BCUT2D eigenvalue weighted by Crippen LogP contribution is -2.52. The number of hydrogen-bond acceptors (Lipinski definition) is 6. The van der Waals surface area contributed by atoms with Crippen LogP contribution in [0.15, 0.2) is 54.6 Å². The zero-order valence-electron chi connectivity index (χ0n) is 20.6. The molecule has 6 rings (SSSR count). The van der Waals surface area contributed by atoms with Crippen LogP contribution in [0.5, 0.6) is 0 Å². The van der Waals surface area contributed by atoms with Gasteiger partial charge in [0.15, 0.2) is 5.82 Å². The van der Waals surface area contributed by atoms with Gasteiger partial charge in [-0.25, -0.2) is 14.2 Å². The molecule has 2 atom stereocenters. The lowest BCUT2D eigenvalue weighted by Gasteiger charge is -2.40. The van der Waals surface area contributed by atoms with Gasteiger partial charge in [-0.05, 0) is 67.3 Å². The minimum atomic E-state index is -0.574. The molecule has 0 radical (unpaired) electrons. The molecule has 9 heteroatoms. The molecule has 0 N–H and O–H groups in total. The molecule has 3 aromatic rings. The van der Waals surface area contributed by atoms with Crippen molar-refractivity contribution in [2.75, 3.05) is 28.9 Å². The van der Waals surface area contributed by atoms with E-state index in [-0.39, 0.29) is 35.3 Å². The molecule has 2 aliphatic heterocycles. The second-order valence-electron chi connectivity index (χ2n) is 9.65. The quantitative estimate of drug-likeness (QED) is 0.502. The number of carbonyl (C=O) groups excluding carboxylic acids is 3. The van der Waals surface area contributed by atoms with E-state index in [0.717, 1.165) is 12.8 Å². The smallest absolute Gasteiger partial charge is 0.337 e. The minimum Gasteiger partial charge on any atom is -0.465 e. The van der Waals surface area contributed by atoms with Gasteiger partial charge in [-0.2, -0.15) is 0 Å². The number of esters is 1. The van der Waals surface area contributed by atoms with E-state index in [4.69, 9.17) is 9.72 Å². The Bertz CT molecular complexity index is 1450. The Hall–Kier alpha value is -4.27. The topological polar surface area (TPSA) is 83.0 Å². The summed E-state index contributed by atoms with van der Waals surface area (Å²) < 4.78 is 18.6. The van der Waals surface area contributed by atoms with Crippen LogP contribution in [0.4, 0.5) is 21.7 Å². The van der Waals surface area contributed by atoms with Gasteiger partial charge in [0, 0.05) is 18.7 Å². The summed E-state index contributed by atoms with van der Waals surface area (Å²) in [7, 11) is 3.02. The molecule has 1 aliphatic carbocycles. The molecule has 3 heterocycles. The van der Waals surface area contributed by atoms with E-state index in [0.29, 0.717) is 34.0 Å². The predicted octanol–water partition coefficient (Wildman–Crippen LogP) is 4.09. The minimum absolute atomic E-state index is 0.00173. The van der Waals surface area contributed by atoms with Gasteiger partial charge in [0.1, 0.15) is 17.7 Å². The van der Waals surface area contributed by atoms with Crippen LogP contribution in [0.1, 0.15) is 57.7 Å². The summed E-state index contributed by atoms with van der Waals surface area (Å²) in [4.78, 5) is 49.1. The van der Waals surface area contributed by atoms with Crippen molar-refractivity contribution in [3.63, 3.8) is 0 Å². The molecule has 1 fully saturated rings. The lowest BCUT2D eigenvalue weighted by molar-refractivity contribution is -0.119. The van der Waals surface area contributed by atoms with Gasteiger partial charge in [-0.15, -0.1) is 0 Å². The Morgan fingerprint density at radius 3 is 2.46 bits per heavy atom. The SMILES string of the molecule is COC(=O)c1ccc2c(c1)C(=O)N(c1ccc3c(n1)N(C1CC1)C(C)C(=O)N3C)C2c1ccc(F)cc1. The largest absolute Gasteiger partial charge is 0.465 e. The first-order valence-corrected chi connectivity index (χ1v) is 12.2. The van der Waals surface area contributed by atoms with Crippen molar-refractivity contribution in [3.8, 4) is 0 Å². The summed E-state index contributed by atoms with van der Waals surface area (Å²) in [5.41, 5.74) is 2.70. The number of methoxy groups -OCH3 is 1. The Balaban J connectivity index is 1.51. The van der Waals surface area contributed by atoms with E-state index in [2.05, 4.69) is 4.90 Å². The highest BCUT2D eigenvalue weighted by atomic mass is 19.1. The third-order valence-corrected chi connectivity index (χ3v) is 7.40. The molecular weight excluding hydrogens is 475 g/mol. The molecule has 0 saturated heterocycles. The zero-order valence-corrected chi connectivity index (χ0v) is 20.6. The Kier molecular flexibility index (Phi) is 5.25. The number of nitrogens with zero attached hydrogens (tertiary/aromatic N) is 4. The number of aromatic nitrogens is 1. The second kappa shape index (κ2) is 8.40. The molecule has 1 saturated carbocycles. The lowest BCUT2D eigenvalue weighted by atomic mass is 9.96. The number of benzene rings is 2. The molecule has 2 amide bonds. The highest BCUT2D eigenvalue weighted by molar-refractivity contribution is 6.13. The van der Waals surface area contributed by atoms with Gasteiger partial charge >= 0.3 is 5.97 Å². The van der Waals surface area contributed by atoms with Crippen LogP contribution in [-0.2, 0) is 9.53 Å². The monoisotopic (exact) mass is 500 g/mol. The first-order valence-electron chi connectivity index (χ1n) is 12.2. The van der Waals surface area contributed by atoms with Crippen LogP contribution >= 0.6 is 0 Å². The van der Waals surface area contributed by atoms with Gasteiger partial charge in [0.2, 0.25) is 5.91 Å².